The van der Waals surface area contributed by atoms with Crippen LogP contribution in [0.1, 0.15) is 33.6 Å². The number of likely N-dealkylation sites (tertiary alicyclic amines) is 1. The molecule has 0 aromatic carbocycles. The maximum Gasteiger partial charge on any atom is 0.410 e. The van der Waals surface area contributed by atoms with Gasteiger partial charge in [0, 0.05) is 6.54 Å². The molecule has 7 nitrogen and oxygen atoms in total. The van der Waals surface area contributed by atoms with Gasteiger partial charge in [-0.3, -0.25) is 9.69 Å². The first-order chi connectivity index (χ1) is 8.70. The Morgan fingerprint density at radius 1 is 1.37 bits per heavy atom. The Labute approximate surface area is 111 Å². The summed E-state index contributed by atoms with van der Waals surface area (Å²) in [5, 5.41) is 12.5. The van der Waals surface area contributed by atoms with Crippen molar-refractivity contribution in [2.24, 2.45) is 0 Å². The van der Waals surface area contributed by atoms with Crippen LogP contribution < -0.4 is 10.4 Å². The number of carbonyl (C=O) groups excluding carboxylic acids is 3. The number of ether oxygens (including phenoxy) is 1. The quantitative estimate of drug-likeness (QED) is 0.728. The number of aliphatic carboxylic acids is 1. The lowest BCUT2D eigenvalue weighted by atomic mass is 10.2. The molecular formula is C12H19N2O5-. The van der Waals surface area contributed by atoms with Crippen LogP contribution in [0.2, 0.25) is 0 Å². The van der Waals surface area contributed by atoms with Crippen LogP contribution >= 0.6 is 0 Å². The molecule has 2 amide bonds. The van der Waals surface area contributed by atoms with E-state index in [0.717, 1.165) is 0 Å². The van der Waals surface area contributed by atoms with Gasteiger partial charge >= 0.3 is 6.09 Å². The van der Waals surface area contributed by atoms with E-state index >= 15 is 0 Å². The van der Waals surface area contributed by atoms with Crippen LogP contribution in [0.4, 0.5) is 4.79 Å². The zero-order valence-corrected chi connectivity index (χ0v) is 11.4. The summed E-state index contributed by atoms with van der Waals surface area (Å²) in [6.45, 7) is 5.10. The molecule has 1 atom stereocenters. The molecule has 19 heavy (non-hydrogen) atoms. The normalized spacial score (nSPS) is 19.1. The second-order valence-electron chi connectivity index (χ2n) is 5.42. The van der Waals surface area contributed by atoms with Gasteiger partial charge in [-0.1, -0.05) is 0 Å². The molecule has 0 bridgehead atoms. The SMILES string of the molecule is CC(C)(C)OC(=O)N1CCC[C@@H]1C(=O)NCC(=O)[O-]. The Kier molecular flexibility index (Phi) is 4.74. The van der Waals surface area contributed by atoms with Crippen LogP contribution in [0.25, 0.3) is 0 Å². The Bertz CT molecular complexity index is 375. The molecule has 0 radical (unpaired) electrons. The molecule has 0 unspecified atom stereocenters. The highest BCUT2D eigenvalue weighted by Gasteiger charge is 2.36. The van der Waals surface area contributed by atoms with E-state index < -0.39 is 36.2 Å². The highest BCUT2D eigenvalue weighted by Crippen LogP contribution is 2.20. The topological polar surface area (TPSA) is 98.8 Å². The fourth-order valence-electron chi connectivity index (χ4n) is 1.86. The third kappa shape index (κ3) is 4.76. The Morgan fingerprint density at radius 3 is 2.53 bits per heavy atom. The summed E-state index contributed by atoms with van der Waals surface area (Å²) < 4.78 is 5.21. The lowest BCUT2D eigenvalue weighted by Gasteiger charge is -2.28. The third-order valence-electron chi connectivity index (χ3n) is 2.59. The van der Waals surface area contributed by atoms with E-state index in [4.69, 9.17) is 4.74 Å². The van der Waals surface area contributed by atoms with Gasteiger partial charge in [-0.05, 0) is 33.6 Å². The fraction of sp³-hybridized carbons (Fsp3) is 0.750. The van der Waals surface area contributed by atoms with Crippen molar-refractivity contribution in [3.05, 3.63) is 0 Å². The molecule has 1 saturated heterocycles. The number of carboxylic acid groups (broad SMARTS) is 1. The smallest absolute Gasteiger partial charge is 0.410 e. The number of hydrogen-bond donors (Lipinski definition) is 1. The van der Waals surface area contributed by atoms with E-state index in [1.807, 2.05) is 0 Å². The molecule has 1 aliphatic rings. The summed E-state index contributed by atoms with van der Waals surface area (Å²) in [6, 6.07) is -0.672. The monoisotopic (exact) mass is 271 g/mol. The highest BCUT2D eigenvalue weighted by molar-refractivity contribution is 5.88. The summed E-state index contributed by atoms with van der Waals surface area (Å²) in [7, 11) is 0. The first kappa shape index (κ1) is 15.3. The van der Waals surface area contributed by atoms with Crippen molar-refractivity contribution in [2.75, 3.05) is 13.1 Å². The Balaban J connectivity index is 2.60. The van der Waals surface area contributed by atoms with Crippen LogP contribution in [0.5, 0.6) is 0 Å². The lowest BCUT2D eigenvalue weighted by molar-refractivity contribution is -0.304. The highest BCUT2D eigenvalue weighted by atomic mass is 16.6. The predicted molar refractivity (Wildman–Crippen MR) is 64.0 cm³/mol. The summed E-state index contributed by atoms with van der Waals surface area (Å²) in [4.78, 5) is 35.3. The number of nitrogens with zero attached hydrogens (tertiary/aromatic N) is 1. The third-order valence-corrected chi connectivity index (χ3v) is 2.59. The van der Waals surface area contributed by atoms with E-state index in [-0.39, 0.29) is 0 Å². The predicted octanol–water partition coefficient (Wildman–Crippen LogP) is -0.748. The van der Waals surface area contributed by atoms with Crippen LogP contribution in [0.3, 0.4) is 0 Å². The van der Waals surface area contributed by atoms with Crippen molar-refractivity contribution in [1.29, 1.82) is 0 Å². The molecule has 1 N–H and O–H groups in total. The van der Waals surface area contributed by atoms with Gasteiger partial charge in [0.1, 0.15) is 11.6 Å². The van der Waals surface area contributed by atoms with Gasteiger partial charge in [0.2, 0.25) is 5.91 Å². The minimum atomic E-state index is -1.37. The molecule has 108 valence electrons. The number of carbonyl (C=O) groups is 3. The molecule has 0 spiro atoms. The van der Waals surface area contributed by atoms with Crippen molar-refractivity contribution < 1.29 is 24.2 Å². The van der Waals surface area contributed by atoms with Crippen LogP contribution in [-0.4, -0.2) is 47.6 Å². The second-order valence-corrected chi connectivity index (χ2v) is 5.42. The molecule has 1 aliphatic heterocycles. The minimum absolute atomic E-state index is 0.429. The summed E-state index contributed by atoms with van der Waals surface area (Å²) in [5.74, 6) is -1.86. The van der Waals surface area contributed by atoms with E-state index in [0.29, 0.717) is 19.4 Å². The van der Waals surface area contributed by atoms with Gasteiger partial charge in [0.15, 0.2) is 0 Å². The number of carboxylic acids is 1. The van der Waals surface area contributed by atoms with E-state index in [9.17, 15) is 19.5 Å². The molecular weight excluding hydrogens is 252 g/mol. The van der Waals surface area contributed by atoms with Crippen molar-refractivity contribution in [2.45, 2.75) is 45.3 Å². The van der Waals surface area contributed by atoms with Crippen LogP contribution in [-0.2, 0) is 14.3 Å². The zero-order chi connectivity index (χ0) is 14.6. The van der Waals surface area contributed by atoms with Crippen LogP contribution in [0, 0.1) is 0 Å². The maximum atomic E-state index is 11.9. The van der Waals surface area contributed by atoms with Crippen molar-refractivity contribution in [3.8, 4) is 0 Å². The average molecular weight is 271 g/mol. The van der Waals surface area contributed by atoms with Gasteiger partial charge < -0.3 is 20.0 Å². The Morgan fingerprint density at radius 2 is 2.00 bits per heavy atom. The Hall–Kier alpha value is -1.79. The van der Waals surface area contributed by atoms with Gasteiger partial charge in [-0.25, -0.2) is 4.79 Å². The van der Waals surface area contributed by atoms with Gasteiger partial charge in [-0.2, -0.15) is 0 Å². The van der Waals surface area contributed by atoms with Gasteiger partial charge in [0.05, 0.1) is 12.5 Å². The standard InChI is InChI=1S/C12H20N2O5/c1-12(2,3)19-11(18)14-6-4-5-8(14)10(17)13-7-9(15)16/h8H,4-7H2,1-3H3,(H,13,17)(H,15,16)/p-1/t8-/m1/s1. The largest absolute Gasteiger partial charge is 0.548 e. The van der Waals surface area contributed by atoms with E-state index in [2.05, 4.69) is 5.32 Å². The van der Waals surface area contributed by atoms with E-state index in [1.165, 1.54) is 4.90 Å². The summed E-state index contributed by atoms with van der Waals surface area (Å²) in [6.07, 6.45) is 0.624. The maximum absolute atomic E-state index is 11.9. The van der Waals surface area contributed by atoms with Crippen LogP contribution in [0.15, 0.2) is 0 Å². The molecule has 0 aromatic heterocycles. The minimum Gasteiger partial charge on any atom is -0.548 e. The molecule has 0 aliphatic carbocycles. The fourth-order valence-corrected chi connectivity index (χ4v) is 1.86. The number of rotatable bonds is 3. The number of hydrogen-bond acceptors (Lipinski definition) is 5. The summed E-state index contributed by atoms with van der Waals surface area (Å²) >= 11 is 0. The molecule has 1 fully saturated rings. The van der Waals surface area contributed by atoms with Crippen molar-refractivity contribution >= 4 is 18.0 Å². The second kappa shape index (κ2) is 5.90. The van der Waals surface area contributed by atoms with Gasteiger partial charge in [0.25, 0.3) is 0 Å². The molecule has 1 rings (SSSR count). The van der Waals surface area contributed by atoms with Crippen molar-refractivity contribution in [1.82, 2.24) is 10.2 Å². The summed E-state index contributed by atoms with van der Waals surface area (Å²) in [5.41, 5.74) is -0.633. The lowest BCUT2D eigenvalue weighted by Crippen LogP contribution is -2.49. The number of amides is 2. The molecule has 0 aromatic rings. The average Bonchev–Trinajstić information content (AvgIpc) is 2.72. The molecule has 1 heterocycles. The van der Waals surface area contributed by atoms with Gasteiger partial charge in [-0.15, -0.1) is 0 Å². The zero-order valence-electron chi connectivity index (χ0n) is 11.4. The number of nitrogens with one attached hydrogen (secondary N) is 1. The molecule has 7 heteroatoms. The molecule has 0 saturated carbocycles. The van der Waals surface area contributed by atoms with E-state index in [1.54, 1.807) is 20.8 Å². The first-order valence-corrected chi connectivity index (χ1v) is 6.18. The first-order valence-electron chi connectivity index (χ1n) is 6.18. The van der Waals surface area contributed by atoms with Crippen molar-refractivity contribution in [3.63, 3.8) is 0 Å².